The molecule has 0 spiro atoms. The summed E-state index contributed by atoms with van der Waals surface area (Å²) < 4.78 is 6.87. The third kappa shape index (κ3) is 4.11. The number of rotatable bonds is 3. The highest BCUT2D eigenvalue weighted by atomic mass is 16.3. The summed E-state index contributed by atoms with van der Waals surface area (Å²) in [4.78, 5) is 2.35. The van der Waals surface area contributed by atoms with Crippen LogP contribution >= 0.6 is 0 Å². The van der Waals surface area contributed by atoms with Gasteiger partial charge in [0.1, 0.15) is 5.58 Å². The van der Waals surface area contributed by atoms with Gasteiger partial charge in [-0.3, -0.25) is 0 Å². The van der Waals surface area contributed by atoms with Crippen LogP contribution in [0.1, 0.15) is 51.3 Å². The van der Waals surface area contributed by atoms with Crippen LogP contribution in [0.25, 0.3) is 54.6 Å². The molecule has 0 aliphatic heterocycles. The molecule has 0 saturated heterocycles. The first-order valence-electron chi connectivity index (χ1n) is 16.6. The molecule has 1 aromatic heterocycles. The van der Waals surface area contributed by atoms with Gasteiger partial charge in [-0.25, -0.2) is 0 Å². The van der Waals surface area contributed by atoms with Crippen molar-refractivity contribution < 1.29 is 4.42 Å². The fraction of sp³-hybridized carbons (Fsp3) is 0.156. The van der Waals surface area contributed by atoms with Crippen molar-refractivity contribution in [1.82, 2.24) is 0 Å². The Morgan fingerprint density at radius 3 is 2.04 bits per heavy atom. The van der Waals surface area contributed by atoms with Gasteiger partial charge in [0.15, 0.2) is 5.58 Å². The topological polar surface area (TPSA) is 16.4 Å². The normalized spacial score (nSPS) is 13.8. The molecule has 9 rings (SSSR count). The average Bonchev–Trinajstić information content (AvgIpc) is 3.56. The van der Waals surface area contributed by atoms with E-state index in [0.29, 0.717) is 0 Å². The van der Waals surface area contributed by atoms with Crippen LogP contribution in [0.5, 0.6) is 0 Å². The fourth-order valence-electron chi connectivity index (χ4n) is 7.95. The smallest absolute Gasteiger partial charge is 0.159 e. The van der Waals surface area contributed by atoms with Gasteiger partial charge < -0.3 is 9.32 Å². The third-order valence-electron chi connectivity index (χ3n) is 10.3. The molecule has 0 atom stereocenters. The summed E-state index contributed by atoms with van der Waals surface area (Å²) in [6.45, 7) is 11.5. The molecule has 2 nitrogen and oxygen atoms in total. The summed E-state index contributed by atoms with van der Waals surface area (Å²) in [5, 5.41) is 7.39. The lowest BCUT2D eigenvalue weighted by molar-refractivity contribution is 0.573. The van der Waals surface area contributed by atoms with E-state index in [-0.39, 0.29) is 10.8 Å². The Bertz CT molecular complexity index is 2530. The van der Waals surface area contributed by atoms with Gasteiger partial charge in [-0.05, 0) is 91.7 Å². The molecule has 1 heterocycles. The zero-order valence-corrected chi connectivity index (χ0v) is 27.6. The molecule has 228 valence electrons. The Balaban J connectivity index is 1.27. The molecule has 1 aliphatic rings. The maximum Gasteiger partial charge on any atom is 0.159 e. The number of furan rings is 1. The van der Waals surface area contributed by atoms with Crippen LogP contribution in [-0.4, -0.2) is 0 Å². The minimum absolute atomic E-state index is 0.0367. The van der Waals surface area contributed by atoms with E-state index in [1.54, 1.807) is 0 Å². The van der Waals surface area contributed by atoms with E-state index in [2.05, 4.69) is 173 Å². The molecule has 0 radical (unpaired) electrons. The first-order valence-corrected chi connectivity index (χ1v) is 16.6. The van der Waals surface area contributed by atoms with Crippen molar-refractivity contribution in [3.05, 3.63) is 150 Å². The van der Waals surface area contributed by atoms with Gasteiger partial charge in [-0.15, -0.1) is 0 Å². The second-order valence-electron chi connectivity index (χ2n) is 14.6. The van der Waals surface area contributed by atoms with Gasteiger partial charge in [0.05, 0.1) is 5.69 Å². The Morgan fingerprint density at radius 2 is 1.23 bits per heavy atom. The minimum atomic E-state index is -0.0946. The summed E-state index contributed by atoms with van der Waals surface area (Å²) in [5.41, 5.74) is 11.7. The van der Waals surface area contributed by atoms with E-state index in [1.165, 1.54) is 49.4 Å². The average molecular weight is 608 g/mol. The summed E-state index contributed by atoms with van der Waals surface area (Å²) in [7, 11) is 0. The van der Waals surface area contributed by atoms with Crippen LogP contribution in [0.15, 0.2) is 138 Å². The molecule has 0 fully saturated rings. The standard InChI is InChI=1S/C45H37NO/c1-44(2,3)38-19-11-17-34-35-18-12-20-40(43(35)47-42(34)38)46(31-14-7-6-8-15-31)32-23-21-29-26-36-39(27-30(29)25-32)45(4,5)37-24-22-28-13-9-10-16-33(28)41(36)37/h6-27H,1-5H3. The quantitative estimate of drug-likeness (QED) is 0.199. The van der Waals surface area contributed by atoms with E-state index in [4.69, 9.17) is 4.42 Å². The lowest BCUT2D eigenvalue weighted by Crippen LogP contribution is -2.15. The number of anilines is 3. The van der Waals surface area contributed by atoms with Crippen LogP contribution < -0.4 is 4.90 Å². The summed E-state index contributed by atoms with van der Waals surface area (Å²) in [6.07, 6.45) is 0. The first-order chi connectivity index (χ1) is 22.7. The number of benzene rings is 7. The van der Waals surface area contributed by atoms with Crippen molar-refractivity contribution in [2.75, 3.05) is 4.90 Å². The fourth-order valence-corrected chi connectivity index (χ4v) is 7.95. The van der Waals surface area contributed by atoms with E-state index in [1.807, 2.05) is 0 Å². The molecular formula is C45H37NO. The molecule has 7 aromatic carbocycles. The maximum atomic E-state index is 6.87. The molecular weight excluding hydrogens is 571 g/mol. The van der Waals surface area contributed by atoms with Crippen LogP contribution in [-0.2, 0) is 10.8 Å². The van der Waals surface area contributed by atoms with Crippen molar-refractivity contribution in [2.45, 2.75) is 45.4 Å². The Hall–Kier alpha value is -5.34. The highest BCUT2D eigenvalue weighted by molar-refractivity contribution is 6.11. The van der Waals surface area contributed by atoms with Crippen LogP contribution in [0.2, 0.25) is 0 Å². The Kier molecular flexibility index (Phi) is 5.84. The van der Waals surface area contributed by atoms with E-state index < -0.39 is 0 Å². The molecule has 0 unspecified atom stereocenters. The number of nitrogens with zero attached hydrogens (tertiary/aromatic N) is 1. The lowest BCUT2D eigenvalue weighted by Gasteiger charge is -2.26. The Labute approximate surface area is 275 Å². The predicted molar refractivity (Wildman–Crippen MR) is 200 cm³/mol. The molecule has 0 amide bonds. The van der Waals surface area contributed by atoms with Crippen molar-refractivity contribution in [2.24, 2.45) is 0 Å². The zero-order chi connectivity index (χ0) is 32.1. The zero-order valence-electron chi connectivity index (χ0n) is 27.6. The summed E-state index contributed by atoms with van der Waals surface area (Å²) >= 11 is 0. The molecule has 0 N–H and O–H groups in total. The van der Waals surface area contributed by atoms with Gasteiger partial charge in [-0.2, -0.15) is 0 Å². The third-order valence-corrected chi connectivity index (χ3v) is 10.3. The molecule has 47 heavy (non-hydrogen) atoms. The monoisotopic (exact) mass is 607 g/mol. The van der Waals surface area contributed by atoms with E-state index >= 15 is 0 Å². The number of hydrogen-bond acceptors (Lipinski definition) is 2. The minimum Gasteiger partial charge on any atom is -0.454 e. The number of hydrogen-bond donors (Lipinski definition) is 0. The van der Waals surface area contributed by atoms with Gasteiger partial charge in [0, 0.05) is 33.1 Å². The highest BCUT2D eigenvalue weighted by Crippen LogP contribution is 2.53. The summed E-state index contributed by atoms with van der Waals surface area (Å²) in [5.74, 6) is 0. The van der Waals surface area contributed by atoms with E-state index in [9.17, 15) is 0 Å². The van der Waals surface area contributed by atoms with Crippen molar-refractivity contribution in [3.8, 4) is 11.1 Å². The second-order valence-corrected chi connectivity index (χ2v) is 14.6. The summed E-state index contributed by atoms with van der Waals surface area (Å²) in [6, 6.07) is 48.9. The van der Waals surface area contributed by atoms with Gasteiger partial charge in [0.25, 0.3) is 0 Å². The molecule has 0 bridgehead atoms. The van der Waals surface area contributed by atoms with Gasteiger partial charge in [-0.1, -0.05) is 126 Å². The van der Waals surface area contributed by atoms with Crippen LogP contribution in [0.4, 0.5) is 17.1 Å². The molecule has 2 heteroatoms. The van der Waals surface area contributed by atoms with Crippen molar-refractivity contribution >= 4 is 60.5 Å². The second kappa shape index (κ2) is 9.83. The first kappa shape index (κ1) is 27.9. The predicted octanol–water partition coefficient (Wildman–Crippen LogP) is 13.0. The number of para-hydroxylation sites is 3. The molecule has 8 aromatic rings. The van der Waals surface area contributed by atoms with Crippen LogP contribution in [0.3, 0.4) is 0 Å². The Morgan fingerprint density at radius 1 is 0.532 bits per heavy atom. The maximum absolute atomic E-state index is 6.87. The van der Waals surface area contributed by atoms with E-state index in [0.717, 1.165) is 39.0 Å². The van der Waals surface area contributed by atoms with Gasteiger partial charge in [0.2, 0.25) is 0 Å². The SMILES string of the molecule is CC(C)(C)c1cccc2c1oc1c(N(c3ccccc3)c3ccc4cc5c(cc4c3)C(C)(C)c3ccc4ccccc4c3-5)cccc12. The molecule has 1 aliphatic carbocycles. The van der Waals surface area contributed by atoms with Crippen LogP contribution in [0, 0.1) is 0 Å². The van der Waals surface area contributed by atoms with Crippen molar-refractivity contribution in [1.29, 1.82) is 0 Å². The number of fused-ring (bicyclic) bond motifs is 9. The largest absolute Gasteiger partial charge is 0.454 e. The lowest BCUT2D eigenvalue weighted by atomic mass is 9.81. The molecule has 0 saturated carbocycles. The van der Waals surface area contributed by atoms with Crippen molar-refractivity contribution in [3.63, 3.8) is 0 Å². The highest BCUT2D eigenvalue weighted by Gasteiger charge is 2.36. The van der Waals surface area contributed by atoms with Gasteiger partial charge >= 0.3 is 0 Å².